The molecule has 3 heteroatoms. The van der Waals surface area contributed by atoms with Crippen LogP contribution >= 0.6 is 11.3 Å². The Morgan fingerprint density at radius 3 is 2.93 bits per heavy atom. The van der Waals surface area contributed by atoms with Crippen LogP contribution < -0.4 is 5.73 Å². The summed E-state index contributed by atoms with van der Waals surface area (Å²) >= 11 is 1.74. The maximum Gasteiger partial charge on any atom is 0.217 e. The average molecular weight is 219 g/mol. The number of hydrogen-bond donors (Lipinski definition) is 1. The van der Waals surface area contributed by atoms with Crippen LogP contribution in [0.25, 0.3) is 10.1 Å². The molecular weight excluding hydrogens is 206 g/mol. The Morgan fingerprint density at radius 2 is 2.20 bits per heavy atom. The van der Waals surface area contributed by atoms with Crippen molar-refractivity contribution in [3.63, 3.8) is 0 Å². The second-order valence-corrected chi connectivity index (χ2v) is 4.89. The number of nitrogens with two attached hydrogens (primary N) is 1. The van der Waals surface area contributed by atoms with E-state index < -0.39 is 0 Å². The molecule has 2 N–H and O–H groups in total. The van der Waals surface area contributed by atoms with Crippen LogP contribution in [0.2, 0.25) is 0 Å². The summed E-state index contributed by atoms with van der Waals surface area (Å²) in [6.45, 7) is 2.08. The zero-order valence-corrected chi connectivity index (χ0v) is 9.43. The molecule has 0 saturated carbocycles. The molecule has 0 aliphatic heterocycles. The Hall–Kier alpha value is -1.35. The molecule has 0 saturated heterocycles. The largest absolute Gasteiger partial charge is 0.370 e. The fourth-order valence-corrected chi connectivity index (χ4v) is 2.63. The zero-order valence-electron chi connectivity index (χ0n) is 8.62. The van der Waals surface area contributed by atoms with Gasteiger partial charge in [-0.05, 0) is 30.9 Å². The molecule has 0 aliphatic carbocycles. The maximum absolute atomic E-state index is 10.7. The van der Waals surface area contributed by atoms with E-state index in [1.165, 1.54) is 20.5 Å². The van der Waals surface area contributed by atoms with Gasteiger partial charge in [0.05, 0.1) is 0 Å². The van der Waals surface area contributed by atoms with Crippen LogP contribution in [0.3, 0.4) is 0 Å². The number of aryl methyl sites for hydroxylation is 2. The lowest BCUT2D eigenvalue weighted by Crippen LogP contribution is -2.10. The molecule has 1 aromatic carbocycles. The van der Waals surface area contributed by atoms with Gasteiger partial charge in [0.1, 0.15) is 0 Å². The molecule has 0 unspecified atom stereocenters. The van der Waals surface area contributed by atoms with Gasteiger partial charge in [-0.25, -0.2) is 0 Å². The molecule has 78 valence electrons. The van der Waals surface area contributed by atoms with Crippen molar-refractivity contribution in [2.24, 2.45) is 5.73 Å². The molecular formula is C12H13NOS. The number of hydrogen-bond acceptors (Lipinski definition) is 2. The highest BCUT2D eigenvalue weighted by atomic mass is 32.1. The van der Waals surface area contributed by atoms with Gasteiger partial charge < -0.3 is 5.73 Å². The fourth-order valence-electron chi connectivity index (χ4n) is 1.59. The van der Waals surface area contributed by atoms with E-state index in [9.17, 15) is 4.79 Å². The Balaban J connectivity index is 2.27. The van der Waals surface area contributed by atoms with Crippen molar-refractivity contribution in [3.05, 3.63) is 34.7 Å². The third-order valence-electron chi connectivity index (χ3n) is 2.34. The summed E-state index contributed by atoms with van der Waals surface area (Å²) in [6.07, 6.45) is 1.19. The predicted octanol–water partition coefficient (Wildman–Crippen LogP) is 2.63. The minimum absolute atomic E-state index is 0.233. The van der Waals surface area contributed by atoms with Gasteiger partial charge in [0, 0.05) is 16.0 Å². The van der Waals surface area contributed by atoms with E-state index in [-0.39, 0.29) is 5.91 Å². The maximum atomic E-state index is 10.7. The lowest BCUT2D eigenvalue weighted by atomic mass is 10.1. The van der Waals surface area contributed by atoms with Crippen LogP contribution in [0.1, 0.15) is 16.9 Å². The van der Waals surface area contributed by atoms with E-state index in [0.29, 0.717) is 6.42 Å². The van der Waals surface area contributed by atoms with Crippen LogP contribution in [-0.4, -0.2) is 5.91 Å². The first-order valence-corrected chi connectivity index (χ1v) is 5.74. The summed E-state index contributed by atoms with van der Waals surface area (Å²) < 4.78 is 1.28. The van der Waals surface area contributed by atoms with Gasteiger partial charge >= 0.3 is 0 Å². The summed E-state index contributed by atoms with van der Waals surface area (Å²) in [5.74, 6) is -0.233. The Bertz CT molecular complexity index is 501. The highest BCUT2D eigenvalue weighted by Gasteiger charge is 2.03. The molecule has 2 rings (SSSR count). The van der Waals surface area contributed by atoms with Gasteiger partial charge in [0.25, 0.3) is 0 Å². The number of carbonyl (C=O) groups excluding carboxylic acids is 1. The lowest BCUT2D eigenvalue weighted by Gasteiger charge is -1.90. The fraction of sp³-hybridized carbons (Fsp3) is 0.250. The third-order valence-corrected chi connectivity index (χ3v) is 3.52. The molecule has 2 nitrogen and oxygen atoms in total. The number of amides is 1. The number of benzene rings is 1. The molecule has 0 bridgehead atoms. The second kappa shape index (κ2) is 4.03. The minimum atomic E-state index is -0.233. The number of fused-ring (bicyclic) bond motifs is 1. The standard InChI is InChI=1S/C12H13NOS/c1-8-2-4-11-9(6-8)7-10(15-11)3-5-12(13)14/h2,4,6-7H,3,5H2,1H3,(H2,13,14). The number of rotatable bonds is 3. The van der Waals surface area contributed by atoms with E-state index in [2.05, 4.69) is 31.2 Å². The molecule has 0 radical (unpaired) electrons. The molecule has 2 aromatic rings. The van der Waals surface area contributed by atoms with E-state index in [1.807, 2.05) is 0 Å². The van der Waals surface area contributed by atoms with Crippen molar-refractivity contribution in [1.82, 2.24) is 0 Å². The summed E-state index contributed by atoms with van der Waals surface area (Å²) in [4.78, 5) is 11.9. The van der Waals surface area contributed by atoms with Gasteiger partial charge in [-0.3, -0.25) is 4.79 Å². The summed E-state index contributed by atoms with van der Waals surface area (Å²) in [5, 5.41) is 1.26. The first-order chi connectivity index (χ1) is 7.15. The molecule has 1 amide bonds. The van der Waals surface area contributed by atoms with E-state index in [0.717, 1.165) is 6.42 Å². The highest BCUT2D eigenvalue weighted by molar-refractivity contribution is 7.19. The number of carbonyl (C=O) groups is 1. The first-order valence-electron chi connectivity index (χ1n) is 4.92. The summed E-state index contributed by atoms with van der Waals surface area (Å²) in [6, 6.07) is 8.55. The third kappa shape index (κ3) is 2.36. The van der Waals surface area contributed by atoms with Gasteiger partial charge in [-0.1, -0.05) is 17.7 Å². The molecule has 1 heterocycles. The average Bonchev–Trinajstić information content (AvgIpc) is 2.56. The predicted molar refractivity (Wildman–Crippen MR) is 64.1 cm³/mol. The van der Waals surface area contributed by atoms with Crippen molar-refractivity contribution in [3.8, 4) is 0 Å². The van der Waals surface area contributed by atoms with E-state index >= 15 is 0 Å². The Morgan fingerprint density at radius 1 is 1.40 bits per heavy atom. The van der Waals surface area contributed by atoms with Crippen LogP contribution in [0.15, 0.2) is 24.3 Å². The molecule has 0 aliphatic rings. The quantitative estimate of drug-likeness (QED) is 0.847. The Kier molecular flexibility index (Phi) is 2.73. The smallest absolute Gasteiger partial charge is 0.217 e. The van der Waals surface area contributed by atoms with Gasteiger partial charge in [-0.15, -0.1) is 11.3 Å². The highest BCUT2D eigenvalue weighted by Crippen LogP contribution is 2.27. The minimum Gasteiger partial charge on any atom is -0.370 e. The van der Waals surface area contributed by atoms with Crippen molar-refractivity contribution >= 4 is 27.3 Å². The number of thiophene rings is 1. The van der Waals surface area contributed by atoms with E-state index in [4.69, 9.17) is 5.73 Å². The number of primary amides is 1. The Labute approximate surface area is 92.7 Å². The molecule has 0 fully saturated rings. The van der Waals surface area contributed by atoms with Crippen molar-refractivity contribution in [2.75, 3.05) is 0 Å². The normalized spacial score (nSPS) is 10.7. The summed E-state index contributed by atoms with van der Waals surface area (Å²) in [7, 11) is 0. The zero-order chi connectivity index (χ0) is 10.8. The molecule has 0 atom stereocenters. The van der Waals surface area contributed by atoms with Crippen LogP contribution in [0, 0.1) is 6.92 Å². The van der Waals surface area contributed by atoms with Crippen LogP contribution in [0.5, 0.6) is 0 Å². The van der Waals surface area contributed by atoms with E-state index in [1.54, 1.807) is 11.3 Å². The van der Waals surface area contributed by atoms with Crippen LogP contribution in [-0.2, 0) is 11.2 Å². The first kappa shape index (κ1) is 10.2. The van der Waals surface area contributed by atoms with Crippen molar-refractivity contribution in [1.29, 1.82) is 0 Å². The topological polar surface area (TPSA) is 43.1 Å². The lowest BCUT2D eigenvalue weighted by molar-refractivity contribution is -0.117. The monoisotopic (exact) mass is 219 g/mol. The molecule has 15 heavy (non-hydrogen) atoms. The molecule has 0 spiro atoms. The van der Waals surface area contributed by atoms with Gasteiger partial charge in [0.15, 0.2) is 0 Å². The molecule has 1 aromatic heterocycles. The summed E-state index contributed by atoms with van der Waals surface area (Å²) in [5.41, 5.74) is 6.39. The van der Waals surface area contributed by atoms with Crippen molar-refractivity contribution < 1.29 is 4.79 Å². The van der Waals surface area contributed by atoms with Gasteiger partial charge in [-0.2, -0.15) is 0 Å². The van der Waals surface area contributed by atoms with Crippen LogP contribution in [0.4, 0.5) is 0 Å². The van der Waals surface area contributed by atoms with Gasteiger partial charge in [0.2, 0.25) is 5.91 Å². The SMILES string of the molecule is Cc1ccc2sc(CCC(N)=O)cc2c1. The van der Waals surface area contributed by atoms with Crippen molar-refractivity contribution in [2.45, 2.75) is 19.8 Å². The second-order valence-electron chi connectivity index (χ2n) is 3.72.